The fourth-order valence-electron chi connectivity index (χ4n) is 3.11. The standard InChI is InChI=1S/C14H19N5O2/c1-17(2)13(21)9-19-10-4-7-18(11(10)8-12(19)20)14-15-5-3-6-16-14/h3,5-6,10-11H,4,7-9H2,1-2H3/t10-,11-/m1/s1. The van der Waals surface area contributed by atoms with E-state index in [-0.39, 0.29) is 30.4 Å². The predicted octanol–water partition coefficient (Wildman–Crippen LogP) is -0.256. The number of amides is 2. The van der Waals surface area contributed by atoms with Crippen molar-refractivity contribution in [3.05, 3.63) is 18.5 Å². The zero-order valence-corrected chi connectivity index (χ0v) is 12.3. The highest BCUT2D eigenvalue weighted by atomic mass is 16.2. The summed E-state index contributed by atoms with van der Waals surface area (Å²) in [5.41, 5.74) is 0. The summed E-state index contributed by atoms with van der Waals surface area (Å²) in [4.78, 5) is 38.0. The fraction of sp³-hybridized carbons (Fsp3) is 0.571. The summed E-state index contributed by atoms with van der Waals surface area (Å²) in [5.74, 6) is 0.665. The molecule has 2 saturated heterocycles. The van der Waals surface area contributed by atoms with E-state index in [4.69, 9.17) is 0 Å². The van der Waals surface area contributed by atoms with Crippen LogP contribution in [0.2, 0.25) is 0 Å². The summed E-state index contributed by atoms with van der Waals surface area (Å²) in [6.45, 7) is 0.982. The number of hydrogen-bond acceptors (Lipinski definition) is 5. The van der Waals surface area contributed by atoms with Gasteiger partial charge in [-0.3, -0.25) is 9.59 Å². The van der Waals surface area contributed by atoms with Crippen LogP contribution in [-0.4, -0.2) is 70.9 Å². The van der Waals surface area contributed by atoms with Crippen molar-refractivity contribution >= 4 is 17.8 Å². The van der Waals surface area contributed by atoms with Gasteiger partial charge in [0.1, 0.15) is 6.54 Å². The molecule has 0 spiro atoms. The van der Waals surface area contributed by atoms with Gasteiger partial charge in [0.15, 0.2) is 0 Å². The summed E-state index contributed by atoms with van der Waals surface area (Å²) < 4.78 is 0. The van der Waals surface area contributed by atoms with Gasteiger partial charge in [0.25, 0.3) is 0 Å². The van der Waals surface area contributed by atoms with Crippen LogP contribution in [0.3, 0.4) is 0 Å². The highest BCUT2D eigenvalue weighted by Crippen LogP contribution is 2.34. The molecule has 2 amide bonds. The predicted molar refractivity (Wildman–Crippen MR) is 76.6 cm³/mol. The van der Waals surface area contributed by atoms with E-state index in [1.54, 1.807) is 37.5 Å². The average Bonchev–Trinajstić information content (AvgIpc) is 3.00. The van der Waals surface area contributed by atoms with Gasteiger partial charge in [-0.2, -0.15) is 0 Å². The van der Waals surface area contributed by atoms with Crippen LogP contribution < -0.4 is 4.90 Å². The van der Waals surface area contributed by atoms with E-state index in [9.17, 15) is 9.59 Å². The van der Waals surface area contributed by atoms with Gasteiger partial charge in [0, 0.05) is 39.5 Å². The van der Waals surface area contributed by atoms with Gasteiger partial charge >= 0.3 is 0 Å². The van der Waals surface area contributed by atoms with Crippen LogP contribution in [0.4, 0.5) is 5.95 Å². The normalized spacial score (nSPS) is 24.4. The number of likely N-dealkylation sites (N-methyl/N-ethyl adjacent to an activating group) is 1. The molecule has 1 aromatic heterocycles. The number of aromatic nitrogens is 2. The van der Waals surface area contributed by atoms with Crippen molar-refractivity contribution in [3.8, 4) is 0 Å². The molecule has 112 valence electrons. The van der Waals surface area contributed by atoms with Gasteiger partial charge in [-0.05, 0) is 12.5 Å². The maximum Gasteiger partial charge on any atom is 0.241 e. The Kier molecular flexibility index (Phi) is 3.48. The van der Waals surface area contributed by atoms with Crippen molar-refractivity contribution in [2.24, 2.45) is 0 Å². The van der Waals surface area contributed by atoms with Gasteiger partial charge < -0.3 is 14.7 Å². The van der Waals surface area contributed by atoms with Gasteiger partial charge in [0.05, 0.1) is 12.1 Å². The largest absolute Gasteiger partial charge is 0.347 e. The Morgan fingerprint density at radius 2 is 2.05 bits per heavy atom. The number of carbonyl (C=O) groups is 2. The maximum atomic E-state index is 12.2. The third kappa shape index (κ3) is 2.43. The molecule has 2 atom stereocenters. The molecule has 1 aromatic rings. The van der Waals surface area contributed by atoms with E-state index >= 15 is 0 Å². The molecule has 0 aliphatic carbocycles. The molecule has 0 bridgehead atoms. The molecule has 3 rings (SSSR count). The Hall–Kier alpha value is -2.18. The highest BCUT2D eigenvalue weighted by molar-refractivity contribution is 5.87. The van der Waals surface area contributed by atoms with Gasteiger partial charge in [0.2, 0.25) is 17.8 Å². The first kappa shape index (κ1) is 13.8. The lowest BCUT2D eigenvalue weighted by molar-refractivity contribution is -0.138. The second kappa shape index (κ2) is 5.31. The number of rotatable bonds is 3. The van der Waals surface area contributed by atoms with Crippen molar-refractivity contribution in [2.45, 2.75) is 24.9 Å². The highest BCUT2D eigenvalue weighted by Gasteiger charge is 2.48. The number of carbonyl (C=O) groups excluding carboxylic acids is 2. The zero-order chi connectivity index (χ0) is 15.0. The van der Waals surface area contributed by atoms with Gasteiger partial charge in [-0.25, -0.2) is 9.97 Å². The third-order valence-corrected chi connectivity index (χ3v) is 4.23. The fourth-order valence-corrected chi connectivity index (χ4v) is 3.11. The van der Waals surface area contributed by atoms with Crippen LogP contribution in [0.5, 0.6) is 0 Å². The minimum Gasteiger partial charge on any atom is -0.347 e. The average molecular weight is 289 g/mol. The van der Waals surface area contributed by atoms with E-state index in [0.29, 0.717) is 12.4 Å². The van der Waals surface area contributed by atoms with E-state index in [1.807, 2.05) is 0 Å². The molecule has 0 N–H and O–H groups in total. The van der Waals surface area contributed by atoms with Crippen molar-refractivity contribution in [3.63, 3.8) is 0 Å². The Bertz CT molecular complexity index is 548. The lowest BCUT2D eigenvalue weighted by atomic mass is 10.1. The minimum atomic E-state index is -0.0431. The summed E-state index contributed by atoms with van der Waals surface area (Å²) in [6.07, 6.45) is 4.71. The van der Waals surface area contributed by atoms with Crippen LogP contribution in [0.25, 0.3) is 0 Å². The smallest absolute Gasteiger partial charge is 0.241 e. The SMILES string of the molecule is CN(C)C(=O)CN1C(=O)C[C@@H]2[C@H]1CCN2c1ncccn1. The molecule has 2 aliphatic heterocycles. The Morgan fingerprint density at radius 1 is 1.33 bits per heavy atom. The van der Waals surface area contributed by atoms with Crippen LogP contribution in [0, 0.1) is 0 Å². The van der Waals surface area contributed by atoms with Crippen LogP contribution >= 0.6 is 0 Å². The number of fused-ring (bicyclic) bond motifs is 1. The van der Waals surface area contributed by atoms with Crippen LogP contribution in [0.1, 0.15) is 12.8 Å². The monoisotopic (exact) mass is 289 g/mol. The first-order valence-corrected chi connectivity index (χ1v) is 7.11. The Morgan fingerprint density at radius 3 is 2.71 bits per heavy atom. The summed E-state index contributed by atoms with van der Waals surface area (Å²) in [6, 6.07) is 1.94. The molecule has 7 heteroatoms. The molecule has 0 radical (unpaired) electrons. The lowest BCUT2D eigenvalue weighted by Gasteiger charge is -2.25. The van der Waals surface area contributed by atoms with Crippen molar-refractivity contribution in [1.82, 2.24) is 19.8 Å². The van der Waals surface area contributed by atoms with E-state index in [1.165, 1.54) is 4.90 Å². The second-order valence-corrected chi connectivity index (χ2v) is 5.68. The molecule has 2 fully saturated rings. The molecule has 3 heterocycles. The maximum absolute atomic E-state index is 12.2. The molecule has 0 aromatic carbocycles. The van der Waals surface area contributed by atoms with Gasteiger partial charge in [-0.15, -0.1) is 0 Å². The summed E-state index contributed by atoms with van der Waals surface area (Å²) in [7, 11) is 3.41. The molecular formula is C14H19N5O2. The quantitative estimate of drug-likeness (QED) is 0.767. The summed E-state index contributed by atoms with van der Waals surface area (Å²) in [5, 5.41) is 0. The van der Waals surface area contributed by atoms with Crippen molar-refractivity contribution < 1.29 is 9.59 Å². The number of hydrogen-bond donors (Lipinski definition) is 0. The van der Waals surface area contributed by atoms with Crippen molar-refractivity contribution in [1.29, 1.82) is 0 Å². The minimum absolute atomic E-state index is 0.0424. The Labute approximate surface area is 123 Å². The topological polar surface area (TPSA) is 69.6 Å². The first-order chi connectivity index (χ1) is 10.1. The number of anilines is 1. The summed E-state index contributed by atoms with van der Waals surface area (Å²) >= 11 is 0. The molecule has 21 heavy (non-hydrogen) atoms. The third-order valence-electron chi connectivity index (χ3n) is 4.23. The molecule has 2 aliphatic rings. The second-order valence-electron chi connectivity index (χ2n) is 5.68. The first-order valence-electron chi connectivity index (χ1n) is 7.11. The van der Waals surface area contributed by atoms with Crippen LogP contribution in [-0.2, 0) is 9.59 Å². The van der Waals surface area contributed by atoms with Gasteiger partial charge in [-0.1, -0.05) is 0 Å². The molecule has 0 saturated carbocycles. The number of nitrogens with zero attached hydrogens (tertiary/aromatic N) is 5. The molecule has 7 nitrogen and oxygen atoms in total. The van der Waals surface area contributed by atoms with Crippen molar-refractivity contribution in [2.75, 3.05) is 32.1 Å². The number of likely N-dealkylation sites (tertiary alicyclic amines) is 1. The Balaban J connectivity index is 1.76. The van der Waals surface area contributed by atoms with E-state index < -0.39 is 0 Å². The van der Waals surface area contributed by atoms with E-state index in [0.717, 1.165) is 13.0 Å². The molecular weight excluding hydrogens is 270 g/mol. The van der Waals surface area contributed by atoms with Crippen LogP contribution in [0.15, 0.2) is 18.5 Å². The zero-order valence-electron chi connectivity index (χ0n) is 12.3. The van der Waals surface area contributed by atoms with E-state index in [2.05, 4.69) is 14.9 Å². The lowest BCUT2D eigenvalue weighted by Crippen LogP contribution is -2.43. The molecule has 0 unspecified atom stereocenters.